The first kappa shape index (κ1) is 13.6. The summed E-state index contributed by atoms with van der Waals surface area (Å²) < 4.78 is 5.46. The Balaban J connectivity index is 2.17. The van der Waals surface area contributed by atoms with E-state index in [0.29, 0.717) is 11.3 Å². The molecule has 0 bridgehead atoms. The molecule has 1 aliphatic carbocycles. The Morgan fingerprint density at radius 2 is 2.22 bits per heavy atom. The number of nitrogens with zero attached hydrogens (tertiary/aromatic N) is 1. The van der Waals surface area contributed by atoms with E-state index in [4.69, 9.17) is 10.2 Å². The maximum Gasteiger partial charge on any atom is 0.117 e. The van der Waals surface area contributed by atoms with Crippen LogP contribution < -0.4 is 5.73 Å². The average molecular weight is 250 g/mol. The van der Waals surface area contributed by atoms with Crippen molar-refractivity contribution in [3.63, 3.8) is 0 Å². The molecule has 2 atom stereocenters. The number of hydrogen-bond donors (Lipinski definition) is 1. The molecule has 0 aliphatic heterocycles. The van der Waals surface area contributed by atoms with E-state index in [1.54, 1.807) is 6.26 Å². The van der Waals surface area contributed by atoms with Crippen molar-refractivity contribution in [1.29, 1.82) is 0 Å². The van der Waals surface area contributed by atoms with Gasteiger partial charge in [0, 0.05) is 12.1 Å². The zero-order valence-electron chi connectivity index (χ0n) is 12.1. The number of rotatable bonds is 4. The van der Waals surface area contributed by atoms with E-state index in [2.05, 4.69) is 32.7 Å². The first-order chi connectivity index (χ1) is 8.39. The Bertz CT molecular complexity index is 385. The van der Waals surface area contributed by atoms with Crippen LogP contribution in [0.5, 0.6) is 0 Å². The molecule has 2 unspecified atom stereocenters. The summed E-state index contributed by atoms with van der Waals surface area (Å²) in [6, 6.07) is 3.98. The van der Waals surface area contributed by atoms with Gasteiger partial charge < -0.3 is 10.2 Å². The summed E-state index contributed by atoms with van der Waals surface area (Å²) >= 11 is 0. The van der Waals surface area contributed by atoms with Gasteiger partial charge in [0.25, 0.3) is 0 Å². The lowest BCUT2D eigenvalue weighted by Crippen LogP contribution is -2.53. The van der Waals surface area contributed by atoms with Crippen LogP contribution in [-0.2, 0) is 6.54 Å². The zero-order chi connectivity index (χ0) is 13.4. The molecule has 0 amide bonds. The van der Waals surface area contributed by atoms with Crippen molar-refractivity contribution in [3.05, 3.63) is 24.2 Å². The molecular formula is C15H26N2O. The highest BCUT2D eigenvalue weighted by molar-refractivity contribution is 5.07. The van der Waals surface area contributed by atoms with Crippen LogP contribution in [-0.4, -0.2) is 24.0 Å². The van der Waals surface area contributed by atoms with Crippen LogP contribution in [0, 0.1) is 11.3 Å². The molecule has 102 valence electrons. The van der Waals surface area contributed by atoms with Crippen molar-refractivity contribution < 1.29 is 4.42 Å². The lowest BCUT2D eigenvalue weighted by molar-refractivity contribution is 0.0721. The lowest BCUT2D eigenvalue weighted by atomic mass is 9.85. The number of nitrogens with two attached hydrogens (primary N) is 1. The maximum absolute atomic E-state index is 6.14. The number of furan rings is 1. The maximum atomic E-state index is 6.14. The van der Waals surface area contributed by atoms with E-state index in [-0.39, 0.29) is 5.54 Å². The van der Waals surface area contributed by atoms with Crippen LogP contribution in [0.3, 0.4) is 0 Å². The van der Waals surface area contributed by atoms with Gasteiger partial charge in [0.15, 0.2) is 0 Å². The first-order valence-electron chi connectivity index (χ1n) is 6.83. The molecule has 18 heavy (non-hydrogen) atoms. The van der Waals surface area contributed by atoms with Crippen LogP contribution in [0.25, 0.3) is 0 Å². The molecule has 2 N–H and O–H groups in total. The van der Waals surface area contributed by atoms with E-state index in [9.17, 15) is 0 Å². The molecule has 3 nitrogen and oxygen atoms in total. The Hall–Kier alpha value is -0.800. The van der Waals surface area contributed by atoms with Crippen LogP contribution in [0.1, 0.15) is 39.4 Å². The van der Waals surface area contributed by atoms with E-state index in [1.807, 2.05) is 12.1 Å². The summed E-state index contributed by atoms with van der Waals surface area (Å²) in [5.41, 5.74) is 6.63. The van der Waals surface area contributed by atoms with Gasteiger partial charge in [0.05, 0.1) is 12.8 Å². The molecule has 1 aromatic heterocycles. The Morgan fingerprint density at radius 1 is 1.50 bits per heavy atom. The first-order valence-corrected chi connectivity index (χ1v) is 6.83. The van der Waals surface area contributed by atoms with Crippen LogP contribution in [0.15, 0.2) is 22.8 Å². The molecule has 1 aromatic rings. The van der Waals surface area contributed by atoms with Gasteiger partial charge in [-0.2, -0.15) is 0 Å². The molecule has 2 rings (SSSR count). The Labute approximate surface area is 110 Å². The summed E-state index contributed by atoms with van der Waals surface area (Å²) in [4.78, 5) is 2.39. The van der Waals surface area contributed by atoms with Gasteiger partial charge in [-0.3, -0.25) is 4.90 Å². The van der Waals surface area contributed by atoms with Crippen molar-refractivity contribution >= 4 is 0 Å². The molecule has 1 aliphatic rings. The second-order valence-corrected chi connectivity index (χ2v) is 6.69. The topological polar surface area (TPSA) is 42.4 Å². The Morgan fingerprint density at radius 3 is 2.67 bits per heavy atom. The fourth-order valence-corrected chi connectivity index (χ4v) is 3.83. The second kappa shape index (κ2) is 4.71. The third-order valence-electron chi connectivity index (χ3n) is 4.65. The fraction of sp³-hybridized carbons (Fsp3) is 0.733. The molecule has 1 heterocycles. The van der Waals surface area contributed by atoms with Crippen LogP contribution >= 0.6 is 0 Å². The monoisotopic (exact) mass is 250 g/mol. The largest absolute Gasteiger partial charge is 0.468 e. The van der Waals surface area contributed by atoms with Crippen LogP contribution in [0.2, 0.25) is 0 Å². The summed E-state index contributed by atoms with van der Waals surface area (Å²) in [7, 11) is 2.17. The molecule has 0 spiro atoms. The molecule has 0 radical (unpaired) electrons. The highest BCUT2D eigenvalue weighted by Crippen LogP contribution is 2.49. The van der Waals surface area contributed by atoms with Gasteiger partial charge in [-0.15, -0.1) is 0 Å². The summed E-state index contributed by atoms with van der Waals surface area (Å²) in [6.45, 7) is 8.59. The van der Waals surface area contributed by atoms with Gasteiger partial charge in [-0.25, -0.2) is 0 Å². The second-order valence-electron chi connectivity index (χ2n) is 6.69. The molecular weight excluding hydrogens is 224 g/mol. The van der Waals surface area contributed by atoms with Gasteiger partial charge in [0.2, 0.25) is 0 Å². The van der Waals surface area contributed by atoms with Gasteiger partial charge in [0.1, 0.15) is 5.76 Å². The highest BCUT2D eigenvalue weighted by atomic mass is 16.3. The summed E-state index contributed by atoms with van der Waals surface area (Å²) in [5, 5.41) is 0. The fourth-order valence-electron chi connectivity index (χ4n) is 3.83. The van der Waals surface area contributed by atoms with Crippen LogP contribution in [0.4, 0.5) is 0 Å². The minimum absolute atomic E-state index is 0.107. The van der Waals surface area contributed by atoms with E-state index < -0.39 is 0 Å². The molecule has 1 saturated carbocycles. The molecule has 3 heteroatoms. The van der Waals surface area contributed by atoms with Gasteiger partial charge >= 0.3 is 0 Å². The Kier molecular flexibility index (Phi) is 3.56. The normalized spacial score (nSPS) is 31.1. The quantitative estimate of drug-likeness (QED) is 0.893. The predicted molar refractivity (Wildman–Crippen MR) is 74.1 cm³/mol. The third kappa shape index (κ3) is 2.34. The lowest BCUT2D eigenvalue weighted by Gasteiger charge is -2.42. The van der Waals surface area contributed by atoms with Crippen molar-refractivity contribution in [1.82, 2.24) is 4.90 Å². The average Bonchev–Trinajstić information content (AvgIpc) is 2.84. The van der Waals surface area contributed by atoms with E-state index in [1.165, 1.54) is 6.42 Å². The van der Waals surface area contributed by atoms with Crippen molar-refractivity contribution in [2.45, 2.75) is 45.7 Å². The SMILES string of the molecule is CC1CC(C)(C)CC1(CN)N(C)Cc1ccco1. The van der Waals surface area contributed by atoms with Gasteiger partial charge in [-0.1, -0.05) is 20.8 Å². The molecule has 0 aromatic carbocycles. The van der Waals surface area contributed by atoms with Crippen molar-refractivity contribution in [2.24, 2.45) is 17.1 Å². The number of likely N-dealkylation sites (N-methyl/N-ethyl adjacent to an activating group) is 1. The van der Waals surface area contributed by atoms with Crippen molar-refractivity contribution in [3.8, 4) is 0 Å². The van der Waals surface area contributed by atoms with Gasteiger partial charge in [-0.05, 0) is 43.4 Å². The standard InChI is InChI=1S/C15H26N2O/c1-12-8-14(2,3)10-15(12,11-16)17(4)9-13-6-5-7-18-13/h5-7,12H,8-11,16H2,1-4H3. The molecule has 0 saturated heterocycles. The highest BCUT2D eigenvalue weighted by Gasteiger charge is 2.50. The molecule has 1 fully saturated rings. The minimum atomic E-state index is 0.107. The summed E-state index contributed by atoms with van der Waals surface area (Å²) in [6.07, 6.45) is 4.14. The summed E-state index contributed by atoms with van der Waals surface area (Å²) in [5.74, 6) is 1.64. The number of hydrogen-bond acceptors (Lipinski definition) is 3. The third-order valence-corrected chi connectivity index (χ3v) is 4.65. The van der Waals surface area contributed by atoms with E-state index in [0.717, 1.165) is 25.3 Å². The van der Waals surface area contributed by atoms with E-state index >= 15 is 0 Å². The smallest absolute Gasteiger partial charge is 0.117 e. The van der Waals surface area contributed by atoms with Crippen molar-refractivity contribution in [2.75, 3.05) is 13.6 Å². The minimum Gasteiger partial charge on any atom is -0.468 e. The zero-order valence-corrected chi connectivity index (χ0v) is 12.1. The predicted octanol–water partition coefficient (Wildman–Crippen LogP) is 2.87.